The van der Waals surface area contributed by atoms with Gasteiger partial charge in [0.05, 0.1) is 0 Å². The zero-order chi connectivity index (χ0) is 12.2. The molecule has 0 unspecified atom stereocenters. The first-order chi connectivity index (χ1) is 7.33. The van der Waals surface area contributed by atoms with Crippen molar-refractivity contribution in [2.45, 2.75) is 77.7 Å². The van der Waals surface area contributed by atoms with Gasteiger partial charge in [-0.25, -0.2) is 0 Å². The summed E-state index contributed by atoms with van der Waals surface area (Å²) in [5.74, 6) is 0. The molecule has 16 heavy (non-hydrogen) atoms. The van der Waals surface area contributed by atoms with Crippen molar-refractivity contribution in [3.63, 3.8) is 0 Å². The summed E-state index contributed by atoms with van der Waals surface area (Å²) in [6, 6.07) is 2.15. The molecular formula is C14H31NSi. The molecule has 0 amide bonds. The Morgan fingerprint density at radius 2 is 1.62 bits per heavy atom. The van der Waals surface area contributed by atoms with E-state index in [2.05, 4.69) is 38.8 Å². The highest BCUT2D eigenvalue weighted by Gasteiger charge is 2.36. The normalized spacial score (nSPS) is 21.4. The van der Waals surface area contributed by atoms with Crippen LogP contribution in [0.3, 0.4) is 0 Å². The molecule has 1 aliphatic rings. The molecule has 0 radical (unpaired) electrons. The maximum atomic E-state index is 3.70. The van der Waals surface area contributed by atoms with E-state index in [1.807, 2.05) is 0 Å². The van der Waals surface area contributed by atoms with Crippen LogP contribution in [0, 0.1) is 5.41 Å². The Kier molecular flexibility index (Phi) is 5.05. The molecule has 1 N–H and O–H groups in total. The molecule has 1 rings (SSSR count). The molecule has 0 heterocycles. The number of rotatable bonds is 5. The molecule has 1 fully saturated rings. The van der Waals surface area contributed by atoms with Gasteiger partial charge in [0, 0.05) is 20.7 Å². The van der Waals surface area contributed by atoms with Gasteiger partial charge in [-0.1, -0.05) is 58.8 Å². The Bertz CT molecular complexity index is 199. The third-order valence-electron chi connectivity index (χ3n) is 3.70. The first kappa shape index (κ1) is 14.2. The fourth-order valence-electron chi connectivity index (χ4n) is 3.26. The first-order valence-electron chi connectivity index (χ1n) is 7.06. The van der Waals surface area contributed by atoms with Crippen molar-refractivity contribution in [1.82, 2.24) is 5.32 Å². The maximum Gasteiger partial charge on any atom is 0.0448 e. The highest BCUT2D eigenvalue weighted by molar-refractivity contribution is 6.76. The highest BCUT2D eigenvalue weighted by atomic mass is 28.3. The summed E-state index contributed by atoms with van der Waals surface area (Å²) in [6.07, 6.45) is 7.33. The lowest BCUT2D eigenvalue weighted by Gasteiger charge is -2.42. The van der Waals surface area contributed by atoms with Crippen LogP contribution in [-0.2, 0) is 0 Å². The first-order valence-corrected chi connectivity index (χ1v) is 10.8. The topological polar surface area (TPSA) is 12.0 Å². The van der Waals surface area contributed by atoms with E-state index >= 15 is 0 Å². The Balaban J connectivity index is 2.60. The van der Waals surface area contributed by atoms with Gasteiger partial charge in [-0.2, -0.15) is 0 Å². The van der Waals surface area contributed by atoms with Gasteiger partial charge in [0.1, 0.15) is 0 Å². The third kappa shape index (κ3) is 5.01. The molecule has 1 nitrogen and oxygen atoms in total. The van der Waals surface area contributed by atoms with E-state index in [1.54, 1.807) is 0 Å². The lowest BCUT2D eigenvalue weighted by Crippen LogP contribution is -2.43. The summed E-state index contributed by atoms with van der Waals surface area (Å²) in [5, 5.41) is 3.70. The molecule has 0 aromatic carbocycles. The predicted octanol–water partition coefficient (Wildman–Crippen LogP) is 4.27. The van der Waals surface area contributed by atoms with E-state index in [0.29, 0.717) is 11.5 Å². The fourth-order valence-corrected chi connectivity index (χ4v) is 5.99. The van der Waals surface area contributed by atoms with E-state index in [0.717, 1.165) is 0 Å². The van der Waals surface area contributed by atoms with Gasteiger partial charge in [-0.15, -0.1) is 0 Å². The average molecular weight is 241 g/mol. The molecule has 0 aliphatic heterocycles. The van der Waals surface area contributed by atoms with Crippen LogP contribution >= 0.6 is 0 Å². The fraction of sp³-hybridized carbons (Fsp3) is 1.00. The van der Waals surface area contributed by atoms with Crippen molar-refractivity contribution < 1.29 is 0 Å². The second-order valence-electron chi connectivity index (χ2n) is 7.33. The van der Waals surface area contributed by atoms with Gasteiger partial charge in [0.25, 0.3) is 0 Å². The number of hydrogen-bond acceptors (Lipinski definition) is 1. The van der Waals surface area contributed by atoms with Crippen LogP contribution in [0.25, 0.3) is 0 Å². The van der Waals surface area contributed by atoms with Crippen LogP contribution in [0.4, 0.5) is 0 Å². The van der Waals surface area contributed by atoms with E-state index in [-0.39, 0.29) is 0 Å². The summed E-state index contributed by atoms with van der Waals surface area (Å²) in [6.45, 7) is 13.4. The van der Waals surface area contributed by atoms with Crippen molar-refractivity contribution >= 4 is 8.07 Å². The minimum Gasteiger partial charge on any atom is -0.314 e. The van der Waals surface area contributed by atoms with Gasteiger partial charge < -0.3 is 5.32 Å². The van der Waals surface area contributed by atoms with E-state index < -0.39 is 8.07 Å². The van der Waals surface area contributed by atoms with Gasteiger partial charge in [0.2, 0.25) is 0 Å². The Morgan fingerprint density at radius 3 is 2.06 bits per heavy atom. The lowest BCUT2D eigenvalue weighted by atomic mass is 9.75. The Hall–Kier alpha value is 0.177. The van der Waals surface area contributed by atoms with E-state index in [1.165, 1.54) is 44.7 Å². The molecular weight excluding hydrogens is 210 g/mol. The van der Waals surface area contributed by atoms with Gasteiger partial charge >= 0.3 is 0 Å². The van der Waals surface area contributed by atoms with Crippen LogP contribution < -0.4 is 5.32 Å². The monoisotopic (exact) mass is 241 g/mol. The second kappa shape index (κ2) is 5.68. The minimum atomic E-state index is -0.929. The highest BCUT2D eigenvalue weighted by Crippen LogP contribution is 2.42. The summed E-state index contributed by atoms with van der Waals surface area (Å²) in [7, 11) is -0.929. The summed E-state index contributed by atoms with van der Waals surface area (Å²) in [5.41, 5.74) is 0.646. The summed E-state index contributed by atoms with van der Waals surface area (Å²) >= 11 is 0. The van der Waals surface area contributed by atoms with Crippen LogP contribution in [0.1, 0.15) is 46.0 Å². The molecule has 0 bridgehead atoms. The average Bonchev–Trinajstić information content (AvgIpc) is 2.14. The summed E-state index contributed by atoms with van der Waals surface area (Å²) in [4.78, 5) is 0. The second-order valence-corrected chi connectivity index (χ2v) is 12.8. The van der Waals surface area contributed by atoms with Gasteiger partial charge in [-0.3, -0.25) is 0 Å². The molecule has 0 aromatic heterocycles. The van der Waals surface area contributed by atoms with E-state index in [9.17, 15) is 0 Å². The number of hydrogen-bond donors (Lipinski definition) is 1. The zero-order valence-corrected chi connectivity index (χ0v) is 13.0. The molecule has 2 heteroatoms. The Morgan fingerprint density at radius 1 is 1.06 bits per heavy atom. The lowest BCUT2D eigenvalue weighted by molar-refractivity contribution is 0.201. The molecule has 1 aliphatic carbocycles. The smallest absolute Gasteiger partial charge is 0.0448 e. The quantitative estimate of drug-likeness (QED) is 0.709. The van der Waals surface area contributed by atoms with Crippen molar-refractivity contribution in [2.24, 2.45) is 5.41 Å². The molecule has 0 aromatic rings. The molecule has 96 valence electrons. The largest absolute Gasteiger partial charge is 0.314 e. The van der Waals surface area contributed by atoms with Crippen molar-refractivity contribution in [2.75, 3.05) is 6.54 Å². The van der Waals surface area contributed by atoms with Gasteiger partial charge in [-0.05, 0) is 18.3 Å². The van der Waals surface area contributed by atoms with E-state index in [4.69, 9.17) is 0 Å². The third-order valence-corrected chi connectivity index (χ3v) is 5.52. The molecule has 0 atom stereocenters. The van der Waals surface area contributed by atoms with Crippen LogP contribution in [0.15, 0.2) is 0 Å². The van der Waals surface area contributed by atoms with Crippen LogP contribution in [-0.4, -0.2) is 20.7 Å². The van der Waals surface area contributed by atoms with Gasteiger partial charge in [0.15, 0.2) is 0 Å². The minimum absolute atomic E-state index is 0.639. The van der Waals surface area contributed by atoms with Crippen molar-refractivity contribution in [1.29, 1.82) is 0 Å². The molecule has 0 spiro atoms. The van der Waals surface area contributed by atoms with Crippen LogP contribution in [0.5, 0.6) is 0 Å². The standard InChI is InChI=1S/C14H31NSi/c1-13(2)15-11-14(12-16(3,4)5)9-7-6-8-10-14/h13,15H,6-12H2,1-5H3. The van der Waals surface area contributed by atoms with Crippen molar-refractivity contribution in [3.05, 3.63) is 0 Å². The number of nitrogens with one attached hydrogen (secondary N) is 1. The summed E-state index contributed by atoms with van der Waals surface area (Å²) < 4.78 is 0. The maximum absolute atomic E-state index is 3.70. The predicted molar refractivity (Wildman–Crippen MR) is 76.8 cm³/mol. The molecule has 0 saturated heterocycles. The zero-order valence-electron chi connectivity index (χ0n) is 12.0. The van der Waals surface area contributed by atoms with Crippen LogP contribution in [0.2, 0.25) is 25.7 Å². The Labute approximate surface area is 103 Å². The van der Waals surface area contributed by atoms with Crippen molar-refractivity contribution in [3.8, 4) is 0 Å². The SMILES string of the molecule is CC(C)NCC1(C[Si](C)(C)C)CCCCC1. The molecule has 1 saturated carbocycles.